The fourth-order valence-corrected chi connectivity index (χ4v) is 3.37. The minimum Gasteiger partial charge on any atom is -0.478 e. The lowest BCUT2D eigenvalue weighted by molar-refractivity contribution is 0.0697. The van der Waals surface area contributed by atoms with Gasteiger partial charge in [-0.05, 0) is 58.4 Å². The molecule has 0 saturated heterocycles. The Morgan fingerprint density at radius 1 is 1.05 bits per heavy atom. The lowest BCUT2D eigenvalue weighted by Crippen LogP contribution is -2.13. The number of carboxylic acids is 1. The SMILES string of the molecule is O=C(O)c1ccc(Br)c(NS(=O)(=O)c2ccc(Br)cc2)c1. The number of hydrogen-bond acceptors (Lipinski definition) is 3. The molecule has 8 heteroatoms. The van der Waals surface area contributed by atoms with E-state index in [1.807, 2.05) is 0 Å². The quantitative estimate of drug-likeness (QED) is 0.768. The molecule has 0 aliphatic heterocycles. The van der Waals surface area contributed by atoms with Crippen LogP contribution in [0.4, 0.5) is 5.69 Å². The van der Waals surface area contributed by atoms with E-state index < -0.39 is 16.0 Å². The number of halogens is 2. The maximum atomic E-state index is 12.3. The van der Waals surface area contributed by atoms with Crippen LogP contribution in [0.25, 0.3) is 0 Å². The lowest BCUT2D eigenvalue weighted by atomic mass is 10.2. The van der Waals surface area contributed by atoms with Crippen LogP contribution >= 0.6 is 31.9 Å². The van der Waals surface area contributed by atoms with Crippen molar-refractivity contribution in [2.75, 3.05) is 4.72 Å². The average Bonchev–Trinajstić information content (AvgIpc) is 2.41. The Hall–Kier alpha value is -1.38. The third-order valence-electron chi connectivity index (χ3n) is 2.58. The molecule has 2 aromatic rings. The van der Waals surface area contributed by atoms with Gasteiger partial charge in [0.15, 0.2) is 0 Å². The Balaban J connectivity index is 2.38. The van der Waals surface area contributed by atoms with Gasteiger partial charge in [0.05, 0.1) is 16.1 Å². The molecule has 0 aliphatic rings. The van der Waals surface area contributed by atoms with Crippen LogP contribution in [0.1, 0.15) is 10.4 Å². The number of anilines is 1. The van der Waals surface area contributed by atoms with Gasteiger partial charge < -0.3 is 5.11 Å². The van der Waals surface area contributed by atoms with Crippen molar-refractivity contribution in [3.05, 3.63) is 57.0 Å². The van der Waals surface area contributed by atoms with Crippen LogP contribution in [0.5, 0.6) is 0 Å². The summed E-state index contributed by atoms with van der Waals surface area (Å²) >= 11 is 6.42. The molecule has 0 unspecified atom stereocenters. The highest BCUT2D eigenvalue weighted by Crippen LogP contribution is 2.26. The van der Waals surface area contributed by atoms with Crippen LogP contribution < -0.4 is 4.72 Å². The Labute approximate surface area is 138 Å². The van der Waals surface area contributed by atoms with E-state index in [-0.39, 0.29) is 16.1 Å². The number of carboxylic acid groups (broad SMARTS) is 1. The number of sulfonamides is 1. The Morgan fingerprint density at radius 3 is 2.24 bits per heavy atom. The predicted molar refractivity (Wildman–Crippen MR) is 86.1 cm³/mol. The number of benzene rings is 2. The minimum absolute atomic E-state index is 0.00768. The van der Waals surface area contributed by atoms with Crippen molar-refractivity contribution in [3.63, 3.8) is 0 Å². The fraction of sp³-hybridized carbons (Fsp3) is 0. The first-order chi connectivity index (χ1) is 9.79. The van der Waals surface area contributed by atoms with E-state index in [2.05, 4.69) is 36.6 Å². The Kier molecular flexibility index (Phi) is 4.70. The smallest absolute Gasteiger partial charge is 0.335 e. The fourth-order valence-electron chi connectivity index (χ4n) is 1.55. The third-order valence-corrected chi connectivity index (χ3v) is 5.18. The van der Waals surface area contributed by atoms with Crippen molar-refractivity contribution < 1.29 is 18.3 Å². The molecular formula is C13H9Br2NO4S. The highest BCUT2D eigenvalue weighted by molar-refractivity contribution is 9.10. The molecule has 0 radical (unpaired) electrons. The van der Waals surface area contributed by atoms with Gasteiger partial charge in [-0.1, -0.05) is 15.9 Å². The van der Waals surface area contributed by atoms with Gasteiger partial charge in [0, 0.05) is 8.95 Å². The molecule has 2 aromatic carbocycles. The number of carbonyl (C=O) groups is 1. The molecule has 0 amide bonds. The van der Waals surface area contributed by atoms with E-state index in [1.165, 1.54) is 30.3 Å². The van der Waals surface area contributed by atoms with Crippen molar-refractivity contribution >= 4 is 53.5 Å². The summed E-state index contributed by atoms with van der Waals surface area (Å²) in [6, 6.07) is 10.2. The zero-order chi connectivity index (χ0) is 15.6. The van der Waals surface area contributed by atoms with E-state index >= 15 is 0 Å². The molecule has 2 rings (SSSR count). The summed E-state index contributed by atoms with van der Waals surface area (Å²) in [4.78, 5) is 11.0. The first-order valence-electron chi connectivity index (χ1n) is 5.61. The molecule has 5 nitrogen and oxygen atoms in total. The molecule has 110 valence electrons. The molecule has 0 heterocycles. The highest BCUT2D eigenvalue weighted by atomic mass is 79.9. The molecule has 0 fully saturated rings. The van der Waals surface area contributed by atoms with Crippen molar-refractivity contribution in [1.82, 2.24) is 0 Å². The number of hydrogen-bond donors (Lipinski definition) is 2. The van der Waals surface area contributed by atoms with Gasteiger partial charge in [0.25, 0.3) is 10.0 Å². The zero-order valence-corrected chi connectivity index (χ0v) is 14.4. The number of rotatable bonds is 4. The van der Waals surface area contributed by atoms with Crippen LogP contribution in [0.2, 0.25) is 0 Å². The summed E-state index contributed by atoms with van der Waals surface area (Å²) in [5, 5.41) is 8.95. The summed E-state index contributed by atoms with van der Waals surface area (Å²) < 4.78 is 28.1. The first kappa shape index (κ1) is 16.0. The topological polar surface area (TPSA) is 83.5 Å². The van der Waals surface area contributed by atoms with Gasteiger partial charge in [-0.3, -0.25) is 4.72 Å². The summed E-state index contributed by atoms with van der Waals surface area (Å²) in [6.07, 6.45) is 0. The standard InChI is InChI=1S/C13H9Br2NO4S/c14-9-2-4-10(5-3-9)21(19,20)16-12-7-8(13(17)18)1-6-11(12)15/h1-7,16H,(H,17,18). The minimum atomic E-state index is -3.79. The highest BCUT2D eigenvalue weighted by Gasteiger charge is 2.16. The molecule has 0 spiro atoms. The van der Waals surface area contributed by atoms with Gasteiger partial charge in [0.1, 0.15) is 0 Å². The summed E-state index contributed by atoms with van der Waals surface area (Å²) in [6.45, 7) is 0. The van der Waals surface area contributed by atoms with Crippen LogP contribution in [-0.2, 0) is 10.0 Å². The normalized spacial score (nSPS) is 11.1. The van der Waals surface area contributed by atoms with Gasteiger partial charge >= 0.3 is 5.97 Å². The van der Waals surface area contributed by atoms with E-state index in [0.29, 0.717) is 4.47 Å². The van der Waals surface area contributed by atoms with Crippen molar-refractivity contribution in [2.45, 2.75) is 4.90 Å². The average molecular weight is 435 g/mol. The molecule has 0 saturated carbocycles. The summed E-state index contributed by atoms with van der Waals surface area (Å²) in [5.74, 6) is -1.13. The van der Waals surface area contributed by atoms with Crippen molar-refractivity contribution in [2.24, 2.45) is 0 Å². The Bertz CT molecular complexity index is 788. The molecule has 2 N–H and O–H groups in total. The van der Waals surface area contributed by atoms with Crippen molar-refractivity contribution in [3.8, 4) is 0 Å². The van der Waals surface area contributed by atoms with Gasteiger partial charge in [-0.25, -0.2) is 13.2 Å². The molecule has 0 aromatic heterocycles. The Morgan fingerprint density at radius 2 is 1.67 bits per heavy atom. The summed E-state index contributed by atoms with van der Waals surface area (Å²) in [7, 11) is -3.79. The first-order valence-corrected chi connectivity index (χ1v) is 8.68. The van der Waals surface area contributed by atoms with Gasteiger partial charge in [-0.15, -0.1) is 0 Å². The molecular weight excluding hydrogens is 426 g/mol. The maximum absolute atomic E-state index is 12.3. The predicted octanol–water partition coefficient (Wildman–Crippen LogP) is 3.71. The monoisotopic (exact) mass is 433 g/mol. The maximum Gasteiger partial charge on any atom is 0.335 e. The second kappa shape index (κ2) is 6.17. The largest absolute Gasteiger partial charge is 0.478 e. The zero-order valence-electron chi connectivity index (χ0n) is 10.4. The van der Waals surface area contributed by atoms with Crippen molar-refractivity contribution in [1.29, 1.82) is 0 Å². The molecule has 21 heavy (non-hydrogen) atoms. The third kappa shape index (κ3) is 3.84. The van der Waals surface area contributed by atoms with Gasteiger partial charge in [0.2, 0.25) is 0 Å². The lowest BCUT2D eigenvalue weighted by Gasteiger charge is -2.10. The molecule has 0 bridgehead atoms. The molecule has 0 aliphatic carbocycles. The van der Waals surface area contributed by atoms with Crippen LogP contribution in [-0.4, -0.2) is 19.5 Å². The van der Waals surface area contributed by atoms with Crippen LogP contribution in [0, 0.1) is 0 Å². The van der Waals surface area contributed by atoms with E-state index in [0.717, 1.165) is 4.47 Å². The van der Waals surface area contributed by atoms with Crippen LogP contribution in [0.3, 0.4) is 0 Å². The second-order valence-corrected chi connectivity index (χ2v) is 7.51. The van der Waals surface area contributed by atoms with E-state index in [4.69, 9.17) is 5.11 Å². The van der Waals surface area contributed by atoms with Gasteiger partial charge in [-0.2, -0.15) is 0 Å². The molecule has 0 atom stereocenters. The summed E-state index contributed by atoms with van der Waals surface area (Å²) in [5.41, 5.74) is 0.157. The second-order valence-electron chi connectivity index (χ2n) is 4.06. The van der Waals surface area contributed by atoms with E-state index in [9.17, 15) is 13.2 Å². The number of aromatic carboxylic acids is 1. The van der Waals surface area contributed by atoms with E-state index in [1.54, 1.807) is 12.1 Å². The van der Waals surface area contributed by atoms with Crippen LogP contribution in [0.15, 0.2) is 56.3 Å². The number of nitrogens with one attached hydrogen (secondary N) is 1.